The molecule has 0 aliphatic rings. The van der Waals surface area contributed by atoms with Crippen LogP contribution in [0.1, 0.15) is 0 Å². The summed E-state index contributed by atoms with van der Waals surface area (Å²) in [6, 6.07) is 12.0. The summed E-state index contributed by atoms with van der Waals surface area (Å²) in [5, 5.41) is 4.25. The van der Waals surface area contributed by atoms with Crippen LogP contribution in [0.15, 0.2) is 53.3 Å². The van der Waals surface area contributed by atoms with Crippen LogP contribution in [-0.2, 0) is 0 Å². The Morgan fingerprint density at radius 1 is 0.800 bits per heavy atom. The Balaban J connectivity index is 2.46. The van der Waals surface area contributed by atoms with E-state index in [1.54, 1.807) is 12.4 Å². The van der Waals surface area contributed by atoms with Gasteiger partial charge in [0.25, 0.3) is 0 Å². The van der Waals surface area contributed by atoms with E-state index in [2.05, 4.69) is 38.0 Å². The van der Waals surface area contributed by atoms with E-state index in [0.717, 1.165) is 42.7 Å². The zero-order valence-corrected chi connectivity index (χ0v) is 12.1. The van der Waals surface area contributed by atoms with Gasteiger partial charge in [-0.1, -0.05) is 18.2 Å². The molecule has 2 aromatic heterocycles. The number of pyridine rings is 2. The predicted molar refractivity (Wildman–Crippen MR) is 86.7 cm³/mol. The van der Waals surface area contributed by atoms with Crippen molar-refractivity contribution in [1.29, 1.82) is 0 Å². The van der Waals surface area contributed by atoms with Gasteiger partial charge in [0.2, 0.25) is 0 Å². The van der Waals surface area contributed by atoms with Gasteiger partial charge in [-0.05, 0) is 39.5 Å². The molecule has 2 heterocycles. The summed E-state index contributed by atoms with van der Waals surface area (Å²) in [6.45, 7) is 0. The lowest BCUT2D eigenvalue weighted by Crippen LogP contribution is -1.93. The Bertz CT molecular complexity index is 944. The van der Waals surface area contributed by atoms with Gasteiger partial charge in [0.1, 0.15) is 0 Å². The number of nitrogens with two attached hydrogens (primary N) is 1. The summed E-state index contributed by atoms with van der Waals surface area (Å²) in [7, 11) is 0. The molecule has 0 atom stereocenters. The van der Waals surface area contributed by atoms with Crippen molar-refractivity contribution >= 4 is 54.2 Å². The Hall–Kier alpha value is -2.20. The van der Waals surface area contributed by atoms with Crippen LogP contribution in [0.5, 0.6) is 0 Å². The Kier molecular flexibility index (Phi) is 2.41. The summed E-state index contributed by atoms with van der Waals surface area (Å²) in [5.74, 6) is 0. The number of rotatable bonds is 0. The van der Waals surface area contributed by atoms with E-state index in [1.807, 2.05) is 24.3 Å². The molecule has 0 saturated heterocycles. The lowest BCUT2D eigenvalue weighted by Gasteiger charge is -2.11. The number of nitrogen functional groups attached to an aromatic ring is 1. The van der Waals surface area contributed by atoms with Gasteiger partial charge in [-0.2, -0.15) is 0 Å². The van der Waals surface area contributed by atoms with Crippen molar-refractivity contribution in [2.75, 3.05) is 5.73 Å². The maximum absolute atomic E-state index is 6.28. The summed E-state index contributed by atoms with van der Waals surface area (Å²) < 4.78 is 0.901. The van der Waals surface area contributed by atoms with Gasteiger partial charge in [0.15, 0.2) is 0 Å². The van der Waals surface area contributed by atoms with Crippen LogP contribution in [0, 0.1) is 0 Å². The molecule has 0 bridgehead atoms. The molecule has 4 rings (SSSR count). The molecule has 4 heteroatoms. The minimum atomic E-state index is 0.742. The van der Waals surface area contributed by atoms with Crippen molar-refractivity contribution in [1.82, 2.24) is 9.97 Å². The standard InChI is InChI=1S/C16H10BrN3/c17-12-6-5-9-10-3-1-7-19-15(10)16-11(4-2-8-20-16)13(9)14(12)18/h1-8H,18H2. The first-order chi connectivity index (χ1) is 9.77. The molecular weight excluding hydrogens is 314 g/mol. The highest BCUT2D eigenvalue weighted by molar-refractivity contribution is 9.10. The predicted octanol–water partition coefficient (Wildman–Crippen LogP) is 4.28. The number of halogens is 1. The second-order valence-electron chi connectivity index (χ2n) is 4.68. The molecule has 0 radical (unpaired) electrons. The third-order valence-electron chi connectivity index (χ3n) is 3.59. The number of nitrogens with zero attached hydrogens (tertiary/aromatic N) is 2. The lowest BCUT2D eigenvalue weighted by molar-refractivity contribution is 1.38. The van der Waals surface area contributed by atoms with E-state index in [4.69, 9.17) is 5.73 Å². The average molecular weight is 324 g/mol. The largest absolute Gasteiger partial charge is 0.397 e. The van der Waals surface area contributed by atoms with Crippen molar-refractivity contribution < 1.29 is 0 Å². The second kappa shape index (κ2) is 4.15. The normalized spacial score (nSPS) is 11.4. The van der Waals surface area contributed by atoms with Crippen molar-refractivity contribution in [3.8, 4) is 0 Å². The summed E-state index contributed by atoms with van der Waals surface area (Å²) in [6.07, 6.45) is 3.58. The van der Waals surface area contributed by atoms with Crippen LogP contribution in [-0.4, -0.2) is 9.97 Å². The highest BCUT2D eigenvalue weighted by Gasteiger charge is 2.13. The Labute approximate surface area is 123 Å². The summed E-state index contributed by atoms with van der Waals surface area (Å²) in [5.41, 5.74) is 8.83. The van der Waals surface area contributed by atoms with E-state index < -0.39 is 0 Å². The molecule has 0 amide bonds. The minimum Gasteiger partial charge on any atom is -0.397 e. The van der Waals surface area contributed by atoms with E-state index in [9.17, 15) is 0 Å². The zero-order chi connectivity index (χ0) is 13.7. The highest BCUT2D eigenvalue weighted by Crippen LogP contribution is 2.38. The van der Waals surface area contributed by atoms with E-state index in [0.29, 0.717) is 0 Å². The first-order valence-electron chi connectivity index (χ1n) is 6.26. The van der Waals surface area contributed by atoms with Crippen LogP contribution >= 0.6 is 15.9 Å². The van der Waals surface area contributed by atoms with Crippen LogP contribution in [0.2, 0.25) is 0 Å². The fourth-order valence-electron chi connectivity index (χ4n) is 2.72. The maximum atomic E-state index is 6.28. The third kappa shape index (κ3) is 1.45. The molecule has 0 aliphatic heterocycles. The van der Waals surface area contributed by atoms with Crippen LogP contribution in [0.3, 0.4) is 0 Å². The maximum Gasteiger partial charge on any atom is 0.0971 e. The van der Waals surface area contributed by atoms with Gasteiger partial charge < -0.3 is 5.73 Å². The molecular formula is C16H10BrN3. The molecule has 0 aliphatic carbocycles. The third-order valence-corrected chi connectivity index (χ3v) is 4.28. The van der Waals surface area contributed by atoms with Crippen LogP contribution in [0.25, 0.3) is 32.6 Å². The average Bonchev–Trinajstić information content (AvgIpc) is 2.50. The fraction of sp³-hybridized carbons (Fsp3) is 0. The summed E-state index contributed by atoms with van der Waals surface area (Å²) >= 11 is 3.51. The van der Waals surface area contributed by atoms with Gasteiger partial charge in [-0.25, -0.2) is 0 Å². The molecule has 3 nitrogen and oxygen atoms in total. The SMILES string of the molecule is Nc1c(Br)ccc2c3cccnc3c3ncccc3c12. The molecule has 2 N–H and O–H groups in total. The van der Waals surface area contributed by atoms with E-state index in [1.165, 1.54) is 0 Å². The molecule has 0 unspecified atom stereocenters. The fourth-order valence-corrected chi connectivity index (χ4v) is 3.05. The van der Waals surface area contributed by atoms with E-state index in [-0.39, 0.29) is 0 Å². The highest BCUT2D eigenvalue weighted by atomic mass is 79.9. The number of hydrogen-bond acceptors (Lipinski definition) is 3. The smallest absolute Gasteiger partial charge is 0.0971 e. The number of fused-ring (bicyclic) bond motifs is 6. The first kappa shape index (κ1) is 11.6. The first-order valence-corrected chi connectivity index (χ1v) is 7.06. The van der Waals surface area contributed by atoms with Gasteiger partial charge in [-0.15, -0.1) is 0 Å². The minimum absolute atomic E-state index is 0.742. The lowest BCUT2D eigenvalue weighted by atomic mass is 9.99. The molecule has 0 spiro atoms. The molecule has 0 saturated carbocycles. The van der Waals surface area contributed by atoms with Gasteiger partial charge in [-0.3, -0.25) is 9.97 Å². The van der Waals surface area contributed by atoms with Gasteiger partial charge in [0, 0.05) is 33.0 Å². The molecule has 20 heavy (non-hydrogen) atoms. The zero-order valence-electron chi connectivity index (χ0n) is 10.5. The van der Waals surface area contributed by atoms with Gasteiger partial charge >= 0.3 is 0 Å². The van der Waals surface area contributed by atoms with Crippen LogP contribution in [0.4, 0.5) is 5.69 Å². The van der Waals surface area contributed by atoms with Gasteiger partial charge in [0.05, 0.1) is 16.7 Å². The molecule has 2 aromatic carbocycles. The molecule has 4 aromatic rings. The monoisotopic (exact) mass is 323 g/mol. The number of aromatic nitrogens is 2. The van der Waals surface area contributed by atoms with Crippen molar-refractivity contribution in [2.24, 2.45) is 0 Å². The molecule has 0 fully saturated rings. The quantitative estimate of drug-likeness (QED) is 0.388. The molecule has 96 valence electrons. The van der Waals surface area contributed by atoms with Crippen molar-refractivity contribution in [3.63, 3.8) is 0 Å². The Morgan fingerprint density at radius 2 is 1.45 bits per heavy atom. The van der Waals surface area contributed by atoms with E-state index >= 15 is 0 Å². The number of benzene rings is 2. The Morgan fingerprint density at radius 3 is 2.20 bits per heavy atom. The van der Waals surface area contributed by atoms with Crippen molar-refractivity contribution in [3.05, 3.63) is 53.3 Å². The summed E-state index contributed by atoms with van der Waals surface area (Å²) in [4.78, 5) is 8.99. The number of anilines is 1. The topological polar surface area (TPSA) is 51.8 Å². The second-order valence-corrected chi connectivity index (χ2v) is 5.54. The van der Waals surface area contributed by atoms with Crippen LogP contribution < -0.4 is 5.73 Å². The number of hydrogen-bond donors (Lipinski definition) is 1. The van der Waals surface area contributed by atoms with Crippen molar-refractivity contribution in [2.45, 2.75) is 0 Å².